The molecule has 0 aliphatic carbocycles. The van der Waals surface area contributed by atoms with Gasteiger partial charge in [-0.15, -0.1) is 0 Å². The molecule has 3 N–H and O–H groups in total. The fourth-order valence-corrected chi connectivity index (χ4v) is 1.71. The molecule has 78 valence electrons. The predicted molar refractivity (Wildman–Crippen MR) is 54.8 cm³/mol. The molecule has 0 aliphatic heterocycles. The summed E-state index contributed by atoms with van der Waals surface area (Å²) in [4.78, 5) is 11.3. The van der Waals surface area contributed by atoms with Gasteiger partial charge in [0.15, 0.2) is 0 Å². The Balaban J connectivity index is 4.01. The second kappa shape index (κ2) is 6.10. The third kappa shape index (κ3) is 5.00. The van der Waals surface area contributed by atoms with Gasteiger partial charge in [-0.2, -0.15) is 0 Å². The Kier molecular flexibility index (Phi) is 5.90. The Bertz CT molecular complexity index is 195. The number of hydrogen-bond acceptors (Lipinski definition) is 3. The van der Waals surface area contributed by atoms with Crippen LogP contribution in [0.25, 0.3) is 0 Å². The van der Waals surface area contributed by atoms with Crippen molar-refractivity contribution in [2.45, 2.75) is 32.1 Å². The lowest BCUT2D eigenvalue weighted by molar-refractivity contribution is -0.120. The van der Waals surface area contributed by atoms with E-state index in [1.165, 1.54) is 0 Å². The van der Waals surface area contributed by atoms with Crippen LogP contribution in [0.2, 0.25) is 0 Å². The minimum absolute atomic E-state index is 0.0878. The molecule has 0 aromatic rings. The van der Waals surface area contributed by atoms with E-state index in [4.69, 9.17) is 5.73 Å². The lowest BCUT2D eigenvalue weighted by Crippen LogP contribution is -2.40. The van der Waals surface area contributed by atoms with E-state index >= 15 is 0 Å². The van der Waals surface area contributed by atoms with Crippen LogP contribution in [0.1, 0.15) is 20.8 Å². The highest BCUT2D eigenvalue weighted by molar-refractivity contribution is 7.86. The standard InChI is InChI=1S/C8H18N2O2S/c1-6(2)10-8(11)7(3)13(12)5-4-9/h6-7H,4-5,9H2,1-3H3,(H,10,11). The van der Waals surface area contributed by atoms with Crippen molar-refractivity contribution in [1.82, 2.24) is 5.32 Å². The fourth-order valence-electron chi connectivity index (χ4n) is 0.814. The van der Waals surface area contributed by atoms with Crippen molar-refractivity contribution in [1.29, 1.82) is 0 Å². The van der Waals surface area contributed by atoms with Crippen LogP contribution in [0.15, 0.2) is 0 Å². The Morgan fingerprint density at radius 1 is 1.46 bits per heavy atom. The van der Waals surface area contributed by atoms with Crippen LogP contribution >= 0.6 is 0 Å². The van der Waals surface area contributed by atoms with Gasteiger partial charge in [-0.25, -0.2) is 0 Å². The topological polar surface area (TPSA) is 72.2 Å². The maximum Gasteiger partial charge on any atom is 0.235 e. The maximum atomic E-state index is 11.3. The van der Waals surface area contributed by atoms with Crippen LogP contribution in [-0.2, 0) is 15.6 Å². The molecule has 0 spiro atoms. The van der Waals surface area contributed by atoms with Crippen LogP contribution < -0.4 is 11.1 Å². The Morgan fingerprint density at radius 3 is 2.38 bits per heavy atom. The number of amides is 1. The summed E-state index contributed by atoms with van der Waals surface area (Å²) in [6, 6.07) is 0.0878. The second-order valence-electron chi connectivity index (χ2n) is 3.18. The molecule has 0 aliphatic rings. The van der Waals surface area contributed by atoms with Gasteiger partial charge in [0.05, 0.1) is 0 Å². The number of nitrogens with two attached hydrogens (primary N) is 1. The second-order valence-corrected chi connectivity index (χ2v) is 5.06. The zero-order chi connectivity index (χ0) is 10.4. The zero-order valence-corrected chi connectivity index (χ0v) is 9.19. The van der Waals surface area contributed by atoms with E-state index in [9.17, 15) is 9.00 Å². The lowest BCUT2D eigenvalue weighted by atomic mass is 10.3. The molecule has 2 unspecified atom stereocenters. The van der Waals surface area contributed by atoms with Gasteiger partial charge in [-0.1, -0.05) is 0 Å². The number of carbonyl (C=O) groups excluding carboxylic acids is 1. The van der Waals surface area contributed by atoms with Crippen molar-refractivity contribution < 1.29 is 9.00 Å². The summed E-state index contributed by atoms with van der Waals surface area (Å²) >= 11 is 0. The van der Waals surface area contributed by atoms with Crippen LogP contribution in [-0.4, -0.2) is 33.7 Å². The van der Waals surface area contributed by atoms with Crippen molar-refractivity contribution in [2.75, 3.05) is 12.3 Å². The molecule has 2 atom stereocenters. The quantitative estimate of drug-likeness (QED) is 0.643. The third-order valence-corrected chi connectivity index (χ3v) is 3.15. The molecular formula is C8H18N2O2S. The molecule has 0 saturated carbocycles. The van der Waals surface area contributed by atoms with Crippen LogP contribution in [0.4, 0.5) is 0 Å². The highest BCUT2D eigenvalue weighted by Crippen LogP contribution is 1.96. The summed E-state index contributed by atoms with van der Waals surface area (Å²) in [5.41, 5.74) is 5.24. The lowest BCUT2D eigenvalue weighted by Gasteiger charge is -2.13. The highest BCUT2D eigenvalue weighted by Gasteiger charge is 2.19. The smallest absolute Gasteiger partial charge is 0.235 e. The van der Waals surface area contributed by atoms with E-state index < -0.39 is 16.0 Å². The van der Waals surface area contributed by atoms with Gasteiger partial charge >= 0.3 is 0 Å². The molecule has 0 aromatic heterocycles. The van der Waals surface area contributed by atoms with Gasteiger partial charge in [-0.3, -0.25) is 9.00 Å². The first-order chi connectivity index (χ1) is 5.99. The van der Waals surface area contributed by atoms with E-state index in [2.05, 4.69) is 5.32 Å². The Labute approximate surface area is 81.7 Å². The molecule has 5 heteroatoms. The number of nitrogens with one attached hydrogen (secondary N) is 1. The predicted octanol–water partition coefficient (Wildman–Crippen LogP) is -0.393. The monoisotopic (exact) mass is 206 g/mol. The van der Waals surface area contributed by atoms with E-state index in [1.807, 2.05) is 13.8 Å². The van der Waals surface area contributed by atoms with Gasteiger partial charge in [0, 0.05) is 29.1 Å². The van der Waals surface area contributed by atoms with Crippen molar-refractivity contribution in [3.8, 4) is 0 Å². The summed E-state index contributed by atoms with van der Waals surface area (Å²) < 4.78 is 11.3. The summed E-state index contributed by atoms with van der Waals surface area (Å²) in [6.07, 6.45) is 0. The highest BCUT2D eigenvalue weighted by atomic mass is 32.2. The van der Waals surface area contributed by atoms with Gasteiger partial charge in [0.1, 0.15) is 5.25 Å². The van der Waals surface area contributed by atoms with Crippen LogP contribution in [0.3, 0.4) is 0 Å². The largest absolute Gasteiger partial charge is 0.353 e. The first-order valence-electron chi connectivity index (χ1n) is 4.36. The number of hydrogen-bond donors (Lipinski definition) is 2. The van der Waals surface area contributed by atoms with Crippen molar-refractivity contribution in [3.05, 3.63) is 0 Å². The van der Waals surface area contributed by atoms with Crippen molar-refractivity contribution in [3.63, 3.8) is 0 Å². The van der Waals surface area contributed by atoms with Gasteiger partial charge < -0.3 is 11.1 Å². The average molecular weight is 206 g/mol. The summed E-state index contributed by atoms with van der Waals surface area (Å²) in [7, 11) is -1.15. The zero-order valence-electron chi connectivity index (χ0n) is 8.37. The summed E-state index contributed by atoms with van der Waals surface area (Å²) in [5, 5.41) is 2.24. The van der Waals surface area contributed by atoms with E-state index in [0.29, 0.717) is 12.3 Å². The first kappa shape index (κ1) is 12.6. The van der Waals surface area contributed by atoms with Gasteiger partial charge in [0.2, 0.25) is 5.91 Å². The third-order valence-electron chi connectivity index (χ3n) is 1.51. The molecule has 0 radical (unpaired) electrons. The van der Waals surface area contributed by atoms with Gasteiger partial charge in [-0.05, 0) is 20.8 Å². The van der Waals surface area contributed by atoms with Crippen LogP contribution in [0.5, 0.6) is 0 Å². The normalized spacial score (nSPS) is 15.5. The van der Waals surface area contributed by atoms with Crippen LogP contribution in [0, 0.1) is 0 Å². The molecule has 0 saturated heterocycles. The molecule has 13 heavy (non-hydrogen) atoms. The maximum absolute atomic E-state index is 11.3. The Hall–Kier alpha value is -0.420. The molecule has 0 bridgehead atoms. The van der Waals surface area contributed by atoms with Crippen molar-refractivity contribution >= 4 is 16.7 Å². The summed E-state index contributed by atoms with van der Waals surface area (Å²) in [6.45, 7) is 5.75. The van der Waals surface area contributed by atoms with E-state index in [-0.39, 0.29) is 11.9 Å². The molecule has 0 aromatic carbocycles. The minimum atomic E-state index is -1.15. The summed E-state index contributed by atoms with van der Waals surface area (Å²) in [5.74, 6) is 0.217. The molecule has 1 amide bonds. The van der Waals surface area contributed by atoms with E-state index in [1.54, 1.807) is 6.92 Å². The number of carbonyl (C=O) groups is 1. The molecule has 0 heterocycles. The van der Waals surface area contributed by atoms with Crippen molar-refractivity contribution in [2.24, 2.45) is 5.73 Å². The SMILES string of the molecule is CC(C)NC(=O)C(C)S(=O)CCN. The first-order valence-corrected chi connectivity index (χ1v) is 5.74. The fraction of sp³-hybridized carbons (Fsp3) is 0.875. The molecule has 0 fully saturated rings. The number of rotatable bonds is 5. The Morgan fingerprint density at radius 2 is 2.00 bits per heavy atom. The molecule has 0 rings (SSSR count). The molecular weight excluding hydrogens is 188 g/mol. The molecule has 4 nitrogen and oxygen atoms in total. The average Bonchev–Trinajstić information content (AvgIpc) is 2.02. The minimum Gasteiger partial charge on any atom is -0.353 e. The van der Waals surface area contributed by atoms with Gasteiger partial charge in [0.25, 0.3) is 0 Å². The van der Waals surface area contributed by atoms with E-state index in [0.717, 1.165) is 0 Å².